The summed E-state index contributed by atoms with van der Waals surface area (Å²) < 4.78 is 0. The molecule has 2 rings (SSSR count). The zero-order valence-electron chi connectivity index (χ0n) is 11.9. The number of nitrogens with two attached hydrogens (primary N) is 1. The summed E-state index contributed by atoms with van der Waals surface area (Å²) in [5.74, 6) is -0.616. The molecule has 21 heavy (non-hydrogen) atoms. The van der Waals surface area contributed by atoms with Crippen molar-refractivity contribution >= 4 is 29.1 Å². The zero-order valence-corrected chi connectivity index (χ0v) is 12.6. The highest BCUT2D eigenvalue weighted by Gasteiger charge is 2.30. The number of carbonyl (C=O) groups excluding carboxylic acids is 2. The van der Waals surface area contributed by atoms with E-state index in [2.05, 4.69) is 10.6 Å². The van der Waals surface area contributed by atoms with Crippen LogP contribution in [0, 0.1) is 0 Å². The minimum atomic E-state index is -0.533. The SMILES string of the molecule is CCNC(=O)C1CNCCN1c1cc(Cl)ccc1C(N)=O. The molecule has 1 aliphatic heterocycles. The Bertz CT molecular complexity index is 550. The second-order valence-corrected chi connectivity index (χ2v) is 5.27. The molecular formula is C14H19ClN4O2. The third kappa shape index (κ3) is 3.46. The van der Waals surface area contributed by atoms with Gasteiger partial charge >= 0.3 is 0 Å². The number of amides is 2. The van der Waals surface area contributed by atoms with E-state index >= 15 is 0 Å². The number of likely N-dealkylation sites (N-methyl/N-ethyl adjacent to an activating group) is 1. The average Bonchev–Trinajstić information content (AvgIpc) is 2.47. The molecule has 1 unspecified atom stereocenters. The Morgan fingerprint density at radius 3 is 2.95 bits per heavy atom. The molecule has 4 N–H and O–H groups in total. The van der Waals surface area contributed by atoms with Crippen molar-refractivity contribution in [3.05, 3.63) is 28.8 Å². The number of halogens is 1. The van der Waals surface area contributed by atoms with E-state index in [4.69, 9.17) is 17.3 Å². The van der Waals surface area contributed by atoms with Crippen molar-refractivity contribution < 1.29 is 9.59 Å². The van der Waals surface area contributed by atoms with Gasteiger partial charge in [-0.1, -0.05) is 11.6 Å². The molecule has 1 saturated heterocycles. The Kier molecular flexibility index (Phi) is 5.03. The lowest BCUT2D eigenvalue weighted by atomic mass is 10.1. The van der Waals surface area contributed by atoms with E-state index in [1.54, 1.807) is 18.2 Å². The van der Waals surface area contributed by atoms with Crippen molar-refractivity contribution in [2.24, 2.45) is 5.73 Å². The first-order valence-electron chi connectivity index (χ1n) is 6.89. The number of anilines is 1. The second-order valence-electron chi connectivity index (χ2n) is 4.83. The van der Waals surface area contributed by atoms with E-state index in [1.807, 2.05) is 11.8 Å². The first-order chi connectivity index (χ1) is 10.0. The quantitative estimate of drug-likeness (QED) is 0.749. The minimum absolute atomic E-state index is 0.0832. The van der Waals surface area contributed by atoms with Gasteiger partial charge in [-0.15, -0.1) is 0 Å². The number of hydrogen-bond acceptors (Lipinski definition) is 4. The first-order valence-corrected chi connectivity index (χ1v) is 7.26. The molecule has 114 valence electrons. The molecule has 0 aromatic heterocycles. The lowest BCUT2D eigenvalue weighted by molar-refractivity contribution is -0.122. The smallest absolute Gasteiger partial charge is 0.250 e. The van der Waals surface area contributed by atoms with Crippen molar-refractivity contribution in [1.82, 2.24) is 10.6 Å². The summed E-state index contributed by atoms with van der Waals surface area (Å²) in [5, 5.41) is 6.50. The molecule has 2 amide bonds. The van der Waals surface area contributed by atoms with Gasteiger partial charge in [-0.05, 0) is 25.1 Å². The molecule has 1 heterocycles. The van der Waals surface area contributed by atoms with Crippen LogP contribution in [-0.4, -0.2) is 44.0 Å². The van der Waals surface area contributed by atoms with E-state index in [-0.39, 0.29) is 5.91 Å². The number of piperazine rings is 1. The van der Waals surface area contributed by atoms with Crippen LogP contribution in [0.4, 0.5) is 5.69 Å². The number of carbonyl (C=O) groups is 2. The Morgan fingerprint density at radius 1 is 1.52 bits per heavy atom. The van der Waals surface area contributed by atoms with Crippen LogP contribution in [0.3, 0.4) is 0 Å². The van der Waals surface area contributed by atoms with Gasteiger partial charge in [0.2, 0.25) is 5.91 Å². The van der Waals surface area contributed by atoms with Crippen LogP contribution in [0.15, 0.2) is 18.2 Å². The summed E-state index contributed by atoms with van der Waals surface area (Å²) in [7, 11) is 0. The molecule has 1 fully saturated rings. The number of benzene rings is 1. The number of rotatable bonds is 4. The molecule has 0 aliphatic carbocycles. The topological polar surface area (TPSA) is 87.5 Å². The lowest BCUT2D eigenvalue weighted by Crippen LogP contribution is -2.58. The maximum atomic E-state index is 12.2. The van der Waals surface area contributed by atoms with E-state index < -0.39 is 11.9 Å². The Labute approximate surface area is 128 Å². The molecule has 0 radical (unpaired) electrons. The van der Waals surface area contributed by atoms with E-state index in [0.717, 1.165) is 6.54 Å². The molecule has 0 spiro atoms. The summed E-state index contributed by atoms with van der Waals surface area (Å²) in [4.78, 5) is 25.7. The Morgan fingerprint density at radius 2 is 2.29 bits per heavy atom. The van der Waals surface area contributed by atoms with Crippen LogP contribution in [0.25, 0.3) is 0 Å². The van der Waals surface area contributed by atoms with E-state index in [9.17, 15) is 9.59 Å². The fourth-order valence-corrected chi connectivity index (χ4v) is 2.64. The summed E-state index contributed by atoms with van der Waals surface area (Å²) in [6.45, 7) is 4.26. The maximum absolute atomic E-state index is 12.2. The van der Waals surface area contributed by atoms with Gasteiger partial charge in [0, 0.05) is 31.2 Å². The highest BCUT2D eigenvalue weighted by molar-refractivity contribution is 6.31. The van der Waals surface area contributed by atoms with Crippen LogP contribution in [0.1, 0.15) is 17.3 Å². The van der Waals surface area contributed by atoms with Gasteiger partial charge in [0.05, 0.1) is 11.3 Å². The summed E-state index contributed by atoms with van der Waals surface area (Å²) in [6.07, 6.45) is 0. The molecule has 1 aliphatic rings. The van der Waals surface area contributed by atoms with Crippen LogP contribution in [0.5, 0.6) is 0 Å². The molecule has 1 aromatic carbocycles. The van der Waals surface area contributed by atoms with Gasteiger partial charge < -0.3 is 21.3 Å². The fourth-order valence-electron chi connectivity index (χ4n) is 2.47. The summed E-state index contributed by atoms with van der Waals surface area (Å²) in [5.41, 5.74) is 6.40. The number of primary amides is 1. The number of hydrogen-bond donors (Lipinski definition) is 3. The van der Waals surface area contributed by atoms with Crippen LogP contribution >= 0.6 is 11.6 Å². The van der Waals surface area contributed by atoms with E-state index in [0.29, 0.717) is 35.9 Å². The van der Waals surface area contributed by atoms with Crippen LogP contribution in [0.2, 0.25) is 5.02 Å². The van der Waals surface area contributed by atoms with Gasteiger partial charge in [-0.2, -0.15) is 0 Å². The number of nitrogens with zero attached hydrogens (tertiary/aromatic N) is 1. The third-order valence-corrected chi connectivity index (χ3v) is 3.67. The van der Waals surface area contributed by atoms with Crippen LogP contribution < -0.4 is 21.3 Å². The highest BCUT2D eigenvalue weighted by Crippen LogP contribution is 2.27. The predicted octanol–water partition coefficient (Wildman–Crippen LogP) is 0.353. The molecule has 6 nitrogen and oxygen atoms in total. The standard InChI is InChI=1S/C14H19ClN4O2/c1-2-18-14(21)12-8-17-5-6-19(12)11-7-9(15)3-4-10(11)13(16)20/h3-4,7,12,17H,2,5-6,8H2,1H3,(H2,16,20)(H,18,21). The van der Waals surface area contributed by atoms with Gasteiger partial charge in [-0.25, -0.2) is 0 Å². The average molecular weight is 311 g/mol. The molecule has 0 bridgehead atoms. The maximum Gasteiger partial charge on any atom is 0.250 e. The lowest BCUT2D eigenvalue weighted by Gasteiger charge is -2.37. The Hall–Kier alpha value is -1.79. The molecular weight excluding hydrogens is 292 g/mol. The summed E-state index contributed by atoms with van der Waals surface area (Å²) in [6, 6.07) is 4.50. The predicted molar refractivity (Wildman–Crippen MR) is 82.7 cm³/mol. The zero-order chi connectivity index (χ0) is 15.4. The van der Waals surface area contributed by atoms with Crippen molar-refractivity contribution in [1.29, 1.82) is 0 Å². The van der Waals surface area contributed by atoms with Crippen molar-refractivity contribution in [2.45, 2.75) is 13.0 Å². The normalized spacial score (nSPS) is 18.4. The fraction of sp³-hybridized carbons (Fsp3) is 0.429. The molecule has 1 aromatic rings. The van der Waals surface area contributed by atoms with Gasteiger partial charge in [0.1, 0.15) is 6.04 Å². The number of nitrogens with one attached hydrogen (secondary N) is 2. The molecule has 7 heteroatoms. The van der Waals surface area contributed by atoms with Crippen molar-refractivity contribution in [2.75, 3.05) is 31.1 Å². The third-order valence-electron chi connectivity index (χ3n) is 3.43. The van der Waals surface area contributed by atoms with Gasteiger partial charge in [-0.3, -0.25) is 9.59 Å². The van der Waals surface area contributed by atoms with Crippen molar-refractivity contribution in [3.63, 3.8) is 0 Å². The summed E-state index contributed by atoms with van der Waals surface area (Å²) >= 11 is 6.03. The Balaban J connectivity index is 2.39. The molecule has 0 saturated carbocycles. The van der Waals surface area contributed by atoms with E-state index in [1.165, 1.54) is 0 Å². The largest absolute Gasteiger partial charge is 0.366 e. The highest BCUT2D eigenvalue weighted by atomic mass is 35.5. The van der Waals surface area contributed by atoms with Gasteiger partial charge in [0.25, 0.3) is 5.91 Å². The minimum Gasteiger partial charge on any atom is -0.366 e. The first kappa shape index (κ1) is 15.6. The van der Waals surface area contributed by atoms with Crippen molar-refractivity contribution in [3.8, 4) is 0 Å². The second kappa shape index (κ2) is 6.78. The van der Waals surface area contributed by atoms with Crippen LogP contribution in [-0.2, 0) is 4.79 Å². The molecule has 1 atom stereocenters. The monoisotopic (exact) mass is 310 g/mol. The van der Waals surface area contributed by atoms with Gasteiger partial charge in [0.15, 0.2) is 0 Å².